The van der Waals surface area contributed by atoms with E-state index in [4.69, 9.17) is 4.74 Å². The Morgan fingerprint density at radius 1 is 1.26 bits per heavy atom. The summed E-state index contributed by atoms with van der Waals surface area (Å²) in [6.07, 6.45) is -0.138. The molecule has 0 radical (unpaired) electrons. The van der Waals surface area contributed by atoms with Gasteiger partial charge >= 0.3 is 5.97 Å². The first-order valence-electron chi connectivity index (χ1n) is 8.71. The Labute approximate surface area is 162 Å². The largest absolute Gasteiger partial charge is 0.456 e. The molecular formula is C18H23N3O5S. The molecule has 146 valence electrons. The molecule has 1 aliphatic heterocycles. The molecule has 3 amide bonds. The van der Waals surface area contributed by atoms with E-state index in [0.29, 0.717) is 13.1 Å². The lowest BCUT2D eigenvalue weighted by Crippen LogP contribution is -2.42. The van der Waals surface area contributed by atoms with E-state index in [1.54, 1.807) is 19.9 Å². The summed E-state index contributed by atoms with van der Waals surface area (Å²) >= 11 is 1.29. The van der Waals surface area contributed by atoms with E-state index in [2.05, 4.69) is 10.6 Å². The van der Waals surface area contributed by atoms with E-state index in [0.717, 1.165) is 10.6 Å². The monoisotopic (exact) mass is 393 g/mol. The van der Waals surface area contributed by atoms with Gasteiger partial charge in [0.15, 0.2) is 6.61 Å². The number of para-hydroxylation sites is 1. The van der Waals surface area contributed by atoms with Gasteiger partial charge in [-0.25, -0.2) is 0 Å². The van der Waals surface area contributed by atoms with Gasteiger partial charge in [0.05, 0.1) is 23.9 Å². The Balaban J connectivity index is 1.82. The summed E-state index contributed by atoms with van der Waals surface area (Å²) in [7, 11) is 0. The first kappa shape index (κ1) is 20.8. The van der Waals surface area contributed by atoms with Crippen LogP contribution in [0.25, 0.3) is 0 Å². The fourth-order valence-electron chi connectivity index (χ4n) is 2.47. The van der Waals surface area contributed by atoms with E-state index >= 15 is 0 Å². The van der Waals surface area contributed by atoms with Gasteiger partial charge in [0.2, 0.25) is 11.8 Å². The number of rotatable bonds is 8. The summed E-state index contributed by atoms with van der Waals surface area (Å²) in [6, 6.07) is 7.33. The van der Waals surface area contributed by atoms with E-state index in [9.17, 15) is 19.2 Å². The standard InChI is InChI=1S/C18H23N3O5S/c1-3-19-15(22)10-21(4-2)16(23)11-26-17(24)9-14-18(25)20-12-7-5-6-8-13(12)27-14/h5-8,14H,3-4,9-11H2,1-2H3,(H,19,22)(H,20,25)/t14-/m0/s1. The summed E-state index contributed by atoms with van der Waals surface area (Å²) in [5, 5.41) is 4.75. The van der Waals surface area contributed by atoms with Crippen molar-refractivity contribution in [1.29, 1.82) is 0 Å². The molecule has 2 N–H and O–H groups in total. The van der Waals surface area contributed by atoms with Crippen LogP contribution in [0.3, 0.4) is 0 Å². The number of benzene rings is 1. The molecule has 1 heterocycles. The highest BCUT2D eigenvalue weighted by Crippen LogP contribution is 2.36. The number of carbonyl (C=O) groups is 4. The number of anilines is 1. The van der Waals surface area contributed by atoms with Gasteiger partial charge in [0.25, 0.3) is 5.91 Å². The van der Waals surface area contributed by atoms with E-state index in [1.165, 1.54) is 16.7 Å². The average Bonchev–Trinajstić information content (AvgIpc) is 2.65. The predicted octanol–water partition coefficient (Wildman–Crippen LogP) is 1.02. The molecule has 0 unspecified atom stereocenters. The molecule has 1 aromatic carbocycles. The van der Waals surface area contributed by atoms with Gasteiger partial charge in [-0.3, -0.25) is 19.2 Å². The minimum atomic E-state index is -0.635. The first-order valence-corrected chi connectivity index (χ1v) is 9.59. The Kier molecular flexibility index (Phi) is 7.66. The Morgan fingerprint density at radius 2 is 2.00 bits per heavy atom. The second-order valence-corrected chi connectivity index (χ2v) is 7.06. The van der Waals surface area contributed by atoms with Crippen LogP contribution < -0.4 is 10.6 Å². The lowest BCUT2D eigenvalue weighted by Gasteiger charge is -2.23. The Bertz CT molecular complexity index is 725. The van der Waals surface area contributed by atoms with Gasteiger partial charge in [0, 0.05) is 18.0 Å². The van der Waals surface area contributed by atoms with E-state index in [1.807, 2.05) is 18.2 Å². The van der Waals surface area contributed by atoms with Crippen molar-refractivity contribution in [2.45, 2.75) is 30.4 Å². The molecular weight excluding hydrogens is 370 g/mol. The fourth-order valence-corrected chi connectivity index (χ4v) is 3.57. The fraction of sp³-hybridized carbons (Fsp3) is 0.444. The second kappa shape index (κ2) is 9.96. The van der Waals surface area contributed by atoms with Gasteiger partial charge in [-0.1, -0.05) is 12.1 Å². The number of nitrogens with one attached hydrogen (secondary N) is 2. The topological polar surface area (TPSA) is 105 Å². The average molecular weight is 393 g/mol. The van der Waals surface area contributed by atoms with Crippen LogP contribution in [0.4, 0.5) is 5.69 Å². The quantitative estimate of drug-likeness (QED) is 0.639. The molecule has 1 atom stereocenters. The maximum absolute atomic E-state index is 12.1. The number of hydrogen-bond acceptors (Lipinski definition) is 6. The van der Waals surface area contributed by atoms with Gasteiger partial charge in [-0.05, 0) is 26.0 Å². The molecule has 0 aromatic heterocycles. The van der Waals surface area contributed by atoms with Crippen LogP contribution in [0.15, 0.2) is 29.2 Å². The SMILES string of the molecule is CCNC(=O)CN(CC)C(=O)COC(=O)C[C@@H]1Sc2ccccc2NC1=O. The zero-order chi connectivity index (χ0) is 19.8. The zero-order valence-corrected chi connectivity index (χ0v) is 16.1. The third-order valence-corrected chi connectivity index (χ3v) is 5.13. The van der Waals surface area contributed by atoms with Crippen molar-refractivity contribution in [3.63, 3.8) is 0 Å². The highest BCUT2D eigenvalue weighted by atomic mass is 32.2. The maximum Gasteiger partial charge on any atom is 0.307 e. The lowest BCUT2D eigenvalue weighted by atomic mass is 10.2. The number of carbonyl (C=O) groups excluding carboxylic acids is 4. The lowest BCUT2D eigenvalue weighted by molar-refractivity contribution is -0.152. The molecule has 27 heavy (non-hydrogen) atoms. The molecule has 0 fully saturated rings. The van der Waals surface area contributed by atoms with Gasteiger partial charge in [-0.2, -0.15) is 0 Å². The number of ether oxygens (including phenoxy) is 1. The molecule has 0 bridgehead atoms. The highest BCUT2D eigenvalue weighted by molar-refractivity contribution is 8.01. The molecule has 1 aliphatic rings. The van der Waals surface area contributed by atoms with Crippen molar-refractivity contribution in [3.05, 3.63) is 24.3 Å². The molecule has 2 rings (SSSR count). The van der Waals surface area contributed by atoms with Crippen LogP contribution in [0, 0.1) is 0 Å². The summed E-state index contributed by atoms with van der Waals surface area (Å²) < 4.78 is 5.01. The van der Waals surface area contributed by atoms with E-state index in [-0.39, 0.29) is 24.8 Å². The zero-order valence-electron chi connectivity index (χ0n) is 15.3. The summed E-state index contributed by atoms with van der Waals surface area (Å²) in [6.45, 7) is 3.78. The summed E-state index contributed by atoms with van der Waals surface area (Å²) in [5.74, 6) is -1.63. The summed E-state index contributed by atoms with van der Waals surface area (Å²) in [5.41, 5.74) is 0.719. The minimum Gasteiger partial charge on any atom is -0.456 e. The van der Waals surface area contributed by atoms with E-state index < -0.39 is 23.7 Å². The number of hydrogen-bond donors (Lipinski definition) is 2. The third-order valence-electron chi connectivity index (χ3n) is 3.86. The molecule has 0 aliphatic carbocycles. The second-order valence-electron chi connectivity index (χ2n) is 5.82. The van der Waals surface area contributed by atoms with Gasteiger partial charge in [-0.15, -0.1) is 11.8 Å². The molecule has 9 heteroatoms. The molecule has 8 nitrogen and oxygen atoms in total. The van der Waals surface area contributed by atoms with Crippen molar-refractivity contribution in [3.8, 4) is 0 Å². The summed E-state index contributed by atoms with van der Waals surface area (Å²) in [4.78, 5) is 50.1. The normalized spacial score (nSPS) is 15.3. The number of nitrogens with zero attached hydrogens (tertiary/aromatic N) is 1. The number of esters is 1. The van der Waals surface area contributed by atoms with Crippen LogP contribution in [-0.4, -0.2) is 60.1 Å². The Hall–Kier alpha value is -2.55. The third kappa shape index (κ3) is 5.99. The van der Waals surface area contributed by atoms with Crippen LogP contribution in [-0.2, 0) is 23.9 Å². The number of likely N-dealkylation sites (N-methyl/N-ethyl adjacent to an activating group) is 2. The van der Waals surface area contributed by atoms with Crippen LogP contribution >= 0.6 is 11.8 Å². The van der Waals surface area contributed by atoms with Crippen LogP contribution in [0.5, 0.6) is 0 Å². The van der Waals surface area contributed by atoms with Crippen molar-refractivity contribution >= 4 is 41.1 Å². The number of thioether (sulfide) groups is 1. The predicted molar refractivity (Wildman–Crippen MR) is 101 cm³/mol. The minimum absolute atomic E-state index is 0.0849. The maximum atomic E-state index is 12.1. The highest BCUT2D eigenvalue weighted by Gasteiger charge is 2.29. The van der Waals surface area contributed by atoms with Gasteiger partial charge < -0.3 is 20.3 Å². The van der Waals surface area contributed by atoms with Crippen LogP contribution in [0.2, 0.25) is 0 Å². The van der Waals surface area contributed by atoms with Crippen molar-refractivity contribution in [2.75, 3.05) is 31.6 Å². The molecule has 0 spiro atoms. The number of amides is 3. The molecule has 1 aromatic rings. The van der Waals surface area contributed by atoms with Crippen LogP contribution in [0.1, 0.15) is 20.3 Å². The van der Waals surface area contributed by atoms with Crippen molar-refractivity contribution < 1.29 is 23.9 Å². The number of fused-ring (bicyclic) bond motifs is 1. The van der Waals surface area contributed by atoms with Gasteiger partial charge in [0.1, 0.15) is 0 Å². The smallest absolute Gasteiger partial charge is 0.307 e. The molecule has 0 saturated heterocycles. The Morgan fingerprint density at radius 3 is 2.70 bits per heavy atom. The van der Waals surface area contributed by atoms with Crippen molar-refractivity contribution in [1.82, 2.24) is 10.2 Å². The first-order chi connectivity index (χ1) is 12.9. The van der Waals surface area contributed by atoms with Crippen molar-refractivity contribution in [2.24, 2.45) is 0 Å². The molecule has 0 saturated carbocycles.